The van der Waals surface area contributed by atoms with Gasteiger partial charge in [0.2, 0.25) is 0 Å². The average Bonchev–Trinajstić information content (AvgIpc) is 3.19. The van der Waals surface area contributed by atoms with Crippen molar-refractivity contribution in [1.29, 1.82) is 0 Å². The molecule has 0 radical (unpaired) electrons. The molecule has 3 aliphatic rings. The predicted molar refractivity (Wildman–Crippen MR) is 117 cm³/mol. The van der Waals surface area contributed by atoms with Crippen molar-refractivity contribution >= 4 is 34.1 Å². The van der Waals surface area contributed by atoms with E-state index in [1.807, 2.05) is 0 Å². The summed E-state index contributed by atoms with van der Waals surface area (Å²) in [5.74, 6) is 0.192. The first kappa shape index (κ1) is 18.6. The zero-order valence-electron chi connectivity index (χ0n) is 17.4. The molecular formula is C22H24FN7O. The molecular weight excluding hydrogens is 397 g/mol. The smallest absolute Gasteiger partial charge is 0.327 e. The van der Waals surface area contributed by atoms with E-state index in [1.165, 1.54) is 12.8 Å². The van der Waals surface area contributed by atoms with E-state index in [0.717, 1.165) is 37.3 Å². The summed E-state index contributed by atoms with van der Waals surface area (Å²) >= 11 is 0. The summed E-state index contributed by atoms with van der Waals surface area (Å²) in [5.41, 5.74) is 3.23. The van der Waals surface area contributed by atoms with E-state index in [0.29, 0.717) is 23.3 Å². The highest BCUT2D eigenvalue weighted by molar-refractivity contribution is 6.04. The maximum atomic E-state index is 14.9. The second kappa shape index (κ2) is 6.65. The average molecular weight is 421 g/mol. The Morgan fingerprint density at radius 3 is 2.97 bits per heavy atom. The lowest BCUT2D eigenvalue weighted by Gasteiger charge is -2.36. The number of hydrogen-bond donors (Lipinski definition) is 2. The van der Waals surface area contributed by atoms with Gasteiger partial charge < -0.3 is 15.5 Å². The van der Waals surface area contributed by atoms with Gasteiger partial charge in [-0.15, -0.1) is 0 Å². The maximum absolute atomic E-state index is 14.9. The summed E-state index contributed by atoms with van der Waals surface area (Å²) < 4.78 is 16.5. The molecule has 2 N–H and O–H groups in total. The maximum Gasteiger partial charge on any atom is 0.327 e. The highest BCUT2D eigenvalue weighted by Crippen LogP contribution is 2.41. The lowest BCUT2D eigenvalue weighted by molar-refractivity contribution is 0.257. The summed E-state index contributed by atoms with van der Waals surface area (Å²) in [5, 5.41) is 11.0. The number of fused-ring (bicyclic) bond motifs is 2. The predicted octanol–water partition coefficient (Wildman–Crippen LogP) is 2.64. The van der Waals surface area contributed by atoms with Crippen LogP contribution in [0.2, 0.25) is 0 Å². The third-order valence-corrected chi connectivity index (χ3v) is 6.64. The third-order valence-electron chi connectivity index (χ3n) is 6.64. The molecule has 2 aromatic heterocycles. The number of anilines is 3. The Kier molecular flexibility index (Phi) is 3.98. The van der Waals surface area contributed by atoms with Crippen LogP contribution in [-0.2, 0) is 13.5 Å². The fourth-order valence-electron chi connectivity index (χ4n) is 4.87. The SMILES string of the molecule is Cn1cc2c(F)c(NC(=O)N3CCc4c(N5CCNC6(CC6)C5)ccnc43)ccc2n1. The van der Waals surface area contributed by atoms with Gasteiger partial charge in [-0.3, -0.25) is 9.58 Å². The van der Waals surface area contributed by atoms with Crippen LogP contribution in [0.3, 0.4) is 0 Å². The molecule has 6 rings (SSSR count). The minimum atomic E-state index is -0.476. The molecule has 0 bridgehead atoms. The van der Waals surface area contributed by atoms with Crippen molar-refractivity contribution in [3.05, 3.63) is 42.0 Å². The van der Waals surface area contributed by atoms with Crippen LogP contribution < -0.4 is 20.4 Å². The lowest BCUT2D eigenvalue weighted by Crippen LogP contribution is -2.52. The zero-order chi connectivity index (χ0) is 21.2. The summed E-state index contributed by atoms with van der Waals surface area (Å²) in [7, 11) is 1.74. The van der Waals surface area contributed by atoms with E-state index < -0.39 is 5.82 Å². The Bertz CT molecular complexity index is 1200. The third kappa shape index (κ3) is 3.03. The summed E-state index contributed by atoms with van der Waals surface area (Å²) in [6.45, 7) is 3.43. The monoisotopic (exact) mass is 421 g/mol. The van der Waals surface area contributed by atoms with Crippen LogP contribution in [-0.4, -0.2) is 52.5 Å². The molecule has 4 heterocycles. The number of carbonyl (C=O) groups is 1. The number of hydrogen-bond acceptors (Lipinski definition) is 5. The van der Waals surface area contributed by atoms with E-state index in [-0.39, 0.29) is 17.3 Å². The van der Waals surface area contributed by atoms with Crippen LogP contribution in [0.5, 0.6) is 0 Å². The van der Waals surface area contributed by atoms with Crippen LogP contribution in [0.4, 0.5) is 26.4 Å². The molecule has 31 heavy (non-hydrogen) atoms. The Morgan fingerprint density at radius 2 is 2.13 bits per heavy atom. The zero-order valence-corrected chi connectivity index (χ0v) is 17.4. The van der Waals surface area contributed by atoms with Gasteiger partial charge in [0, 0.05) is 62.4 Å². The van der Waals surface area contributed by atoms with Crippen molar-refractivity contribution in [1.82, 2.24) is 20.1 Å². The summed E-state index contributed by atoms with van der Waals surface area (Å²) in [6.07, 6.45) is 6.56. The number of piperazine rings is 1. The molecule has 160 valence electrons. The number of amides is 2. The number of carbonyl (C=O) groups excluding carboxylic acids is 1. The molecule has 1 aliphatic carbocycles. The number of nitrogens with zero attached hydrogens (tertiary/aromatic N) is 5. The number of nitrogens with one attached hydrogen (secondary N) is 2. The lowest BCUT2D eigenvalue weighted by atomic mass is 10.1. The number of aromatic nitrogens is 3. The quantitative estimate of drug-likeness (QED) is 0.665. The van der Waals surface area contributed by atoms with Crippen molar-refractivity contribution in [2.24, 2.45) is 7.05 Å². The number of pyridine rings is 1. The molecule has 2 fully saturated rings. The Morgan fingerprint density at radius 1 is 1.26 bits per heavy atom. The van der Waals surface area contributed by atoms with Crippen molar-refractivity contribution < 1.29 is 9.18 Å². The van der Waals surface area contributed by atoms with Crippen LogP contribution in [0, 0.1) is 5.82 Å². The van der Waals surface area contributed by atoms with Crippen LogP contribution in [0.15, 0.2) is 30.6 Å². The van der Waals surface area contributed by atoms with E-state index in [2.05, 4.69) is 31.7 Å². The first-order valence-corrected chi connectivity index (χ1v) is 10.7. The van der Waals surface area contributed by atoms with Gasteiger partial charge in [0.1, 0.15) is 5.82 Å². The second-order valence-corrected chi connectivity index (χ2v) is 8.76. The first-order valence-electron chi connectivity index (χ1n) is 10.7. The number of rotatable bonds is 2. The normalized spacial score (nSPS) is 19.2. The van der Waals surface area contributed by atoms with Gasteiger partial charge in [-0.1, -0.05) is 0 Å². The van der Waals surface area contributed by atoms with Gasteiger partial charge in [-0.25, -0.2) is 14.2 Å². The molecule has 1 spiro atoms. The largest absolute Gasteiger partial charge is 0.368 e. The van der Waals surface area contributed by atoms with E-state index in [4.69, 9.17) is 0 Å². The second-order valence-electron chi connectivity index (χ2n) is 8.76. The van der Waals surface area contributed by atoms with Crippen molar-refractivity contribution in [2.45, 2.75) is 24.8 Å². The highest BCUT2D eigenvalue weighted by Gasteiger charge is 2.46. The van der Waals surface area contributed by atoms with Crippen molar-refractivity contribution in [2.75, 3.05) is 41.3 Å². The molecule has 1 saturated carbocycles. The molecule has 0 atom stereocenters. The molecule has 2 aliphatic heterocycles. The van der Waals surface area contributed by atoms with Crippen molar-refractivity contribution in [3.8, 4) is 0 Å². The van der Waals surface area contributed by atoms with Crippen LogP contribution >= 0.6 is 0 Å². The molecule has 1 saturated heterocycles. The van der Waals surface area contributed by atoms with Gasteiger partial charge in [-0.2, -0.15) is 5.10 Å². The molecule has 1 aromatic carbocycles. The molecule has 3 aromatic rings. The number of halogens is 1. The van der Waals surface area contributed by atoms with Crippen LogP contribution in [0.25, 0.3) is 10.9 Å². The number of urea groups is 1. The standard InChI is InChI=1S/C22H24FN7O/c1-28-12-15-16(27-28)2-3-17(19(15)23)26-21(31)30-10-5-14-18(4-8-24-20(14)30)29-11-9-25-22(13-29)6-7-22/h2-4,8,12,25H,5-7,9-11,13H2,1H3,(H,26,31). The minimum absolute atomic E-state index is 0.146. The summed E-state index contributed by atoms with van der Waals surface area (Å²) in [4.78, 5) is 21.6. The molecule has 2 amide bonds. The fourth-order valence-corrected chi connectivity index (χ4v) is 4.87. The number of aryl methyl sites for hydroxylation is 1. The Balaban J connectivity index is 1.26. The Labute approximate surface area is 179 Å². The van der Waals surface area contributed by atoms with E-state index in [1.54, 1.807) is 41.2 Å². The molecule has 8 nitrogen and oxygen atoms in total. The number of benzene rings is 1. The molecule has 0 unspecified atom stereocenters. The Hall–Kier alpha value is -3.20. The van der Waals surface area contributed by atoms with Gasteiger partial charge in [0.15, 0.2) is 5.82 Å². The van der Waals surface area contributed by atoms with E-state index >= 15 is 0 Å². The van der Waals surface area contributed by atoms with E-state index in [9.17, 15) is 9.18 Å². The first-order chi connectivity index (χ1) is 15.0. The van der Waals surface area contributed by atoms with Crippen LogP contribution in [0.1, 0.15) is 18.4 Å². The van der Waals surface area contributed by atoms with Gasteiger partial charge in [0.25, 0.3) is 0 Å². The summed E-state index contributed by atoms with van der Waals surface area (Å²) in [6, 6.07) is 4.95. The fraction of sp³-hybridized carbons (Fsp3) is 0.409. The topological polar surface area (TPSA) is 78.3 Å². The minimum Gasteiger partial charge on any atom is -0.368 e. The molecule has 9 heteroatoms. The van der Waals surface area contributed by atoms with Gasteiger partial charge >= 0.3 is 6.03 Å². The van der Waals surface area contributed by atoms with Crippen molar-refractivity contribution in [3.63, 3.8) is 0 Å². The van der Waals surface area contributed by atoms with Gasteiger partial charge in [-0.05, 0) is 37.5 Å². The van der Waals surface area contributed by atoms with Gasteiger partial charge in [0.05, 0.1) is 16.6 Å². The highest BCUT2D eigenvalue weighted by atomic mass is 19.1.